The van der Waals surface area contributed by atoms with Crippen molar-refractivity contribution in [2.75, 3.05) is 5.32 Å². The first kappa shape index (κ1) is 18.1. The highest BCUT2D eigenvalue weighted by Crippen LogP contribution is 2.21. The zero-order valence-electron chi connectivity index (χ0n) is 15.1. The van der Waals surface area contributed by atoms with Crippen LogP contribution in [0.15, 0.2) is 54.6 Å². The minimum atomic E-state index is -0.257. The van der Waals surface area contributed by atoms with Crippen molar-refractivity contribution in [1.29, 1.82) is 0 Å². The number of hydrogen-bond donors (Lipinski definition) is 2. The summed E-state index contributed by atoms with van der Waals surface area (Å²) < 4.78 is 2.20. The number of benzene rings is 2. The molecule has 0 bridgehead atoms. The molecule has 26 heavy (non-hydrogen) atoms. The number of carbonyl (C=O) groups excluding carboxylic acids is 1. The van der Waals surface area contributed by atoms with E-state index in [1.165, 1.54) is 5.56 Å². The van der Waals surface area contributed by atoms with Crippen LogP contribution in [0.5, 0.6) is 0 Å². The number of amides is 2. The average Bonchev–Trinajstić information content (AvgIpc) is 2.88. The van der Waals surface area contributed by atoms with Gasteiger partial charge in [-0.1, -0.05) is 35.4 Å². The van der Waals surface area contributed by atoms with Gasteiger partial charge in [0.2, 0.25) is 0 Å². The Balaban J connectivity index is 1.70. The molecule has 1 aromatic heterocycles. The number of nitrogens with one attached hydrogen (secondary N) is 2. The number of aryl methyl sites for hydroxylation is 2. The molecule has 0 aliphatic carbocycles. The quantitative estimate of drug-likeness (QED) is 0.639. The predicted molar refractivity (Wildman–Crippen MR) is 107 cm³/mol. The molecule has 0 unspecified atom stereocenters. The molecule has 3 rings (SSSR count). The van der Waals surface area contributed by atoms with Crippen molar-refractivity contribution in [1.82, 2.24) is 9.88 Å². The molecule has 4 nitrogen and oxygen atoms in total. The largest absolute Gasteiger partial charge is 0.334 e. The van der Waals surface area contributed by atoms with Crippen LogP contribution in [0.25, 0.3) is 5.69 Å². The van der Waals surface area contributed by atoms with Gasteiger partial charge in [-0.2, -0.15) is 0 Å². The molecule has 1 heterocycles. The van der Waals surface area contributed by atoms with Crippen molar-refractivity contribution in [2.45, 2.75) is 27.3 Å². The predicted octanol–water partition coefficient (Wildman–Crippen LogP) is 5.38. The number of anilines is 1. The van der Waals surface area contributed by atoms with E-state index in [2.05, 4.69) is 66.3 Å². The maximum atomic E-state index is 12.1. The van der Waals surface area contributed by atoms with Crippen molar-refractivity contribution in [3.8, 4) is 5.69 Å². The van der Waals surface area contributed by atoms with Gasteiger partial charge in [0.15, 0.2) is 0 Å². The molecule has 0 aliphatic heterocycles. The molecule has 0 atom stereocenters. The summed E-state index contributed by atoms with van der Waals surface area (Å²) in [7, 11) is 0. The van der Waals surface area contributed by atoms with E-state index < -0.39 is 0 Å². The average molecular weight is 368 g/mol. The van der Waals surface area contributed by atoms with Gasteiger partial charge in [0, 0.05) is 34.3 Å². The van der Waals surface area contributed by atoms with E-state index in [9.17, 15) is 4.79 Å². The number of aromatic nitrogens is 1. The summed E-state index contributed by atoms with van der Waals surface area (Å²) in [5.74, 6) is 0. The van der Waals surface area contributed by atoms with Crippen LogP contribution < -0.4 is 10.6 Å². The lowest BCUT2D eigenvalue weighted by molar-refractivity contribution is 0.251. The van der Waals surface area contributed by atoms with Crippen LogP contribution in [-0.2, 0) is 6.54 Å². The SMILES string of the molecule is Cc1ccc(-n2c(C)cc(CNC(=O)Nc3cccc(Cl)c3)c2C)cc1. The smallest absolute Gasteiger partial charge is 0.319 e. The lowest BCUT2D eigenvalue weighted by atomic mass is 10.2. The van der Waals surface area contributed by atoms with Gasteiger partial charge in [0.1, 0.15) is 0 Å². The van der Waals surface area contributed by atoms with Crippen molar-refractivity contribution in [2.24, 2.45) is 0 Å². The Morgan fingerprint density at radius 2 is 1.77 bits per heavy atom. The van der Waals surface area contributed by atoms with E-state index in [-0.39, 0.29) is 6.03 Å². The van der Waals surface area contributed by atoms with E-state index in [4.69, 9.17) is 11.6 Å². The number of hydrogen-bond acceptors (Lipinski definition) is 1. The molecule has 0 aliphatic rings. The standard InChI is InChI=1S/C21H22ClN3O/c1-14-7-9-20(10-8-14)25-15(2)11-17(16(25)3)13-23-21(26)24-19-6-4-5-18(22)12-19/h4-12H,13H2,1-3H3,(H2,23,24,26). The molecule has 3 aromatic rings. The topological polar surface area (TPSA) is 46.1 Å². The van der Waals surface area contributed by atoms with Crippen LogP contribution in [0.1, 0.15) is 22.5 Å². The Kier molecular flexibility index (Phi) is 5.33. The summed E-state index contributed by atoms with van der Waals surface area (Å²) in [5.41, 5.74) is 6.37. The Morgan fingerprint density at radius 1 is 1.04 bits per heavy atom. The van der Waals surface area contributed by atoms with E-state index in [1.807, 2.05) is 0 Å². The first-order valence-electron chi connectivity index (χ1n) is 8.49. The molecule has 0 saturated carbocycles. The first-order valence-corrected chi connectivity index (χ1v) is 8.87. The molecular weight excluding hydrogens is 346 g/mol. The van der Waals surface area contributed by atoms with E-state index in [1.54, 1.807) is 24.3 Å². The fourth-order valence-corrected chi connectivity index (χ4v) is 3.21. The molecule has 5 heteroatoms. The Hall–Kier alpha value is -2.72. The number of halogens is 1. The van der Waals surface area contributed by atoms with Gasteiger partial charge in [-0.25, -0.2) is 4.79 Å². The van der Waals surface area contributed by atoms with E-state index >= 15 is 0 Å². The van der Waals surface area contributed by atoms with Crippen LogP contribution in [0.4, 0.5) is 10.5 Å². The molecule has 0 radical (unpaired) electrons. The molecular formula is C21H22ClN3O. The monoisotopic (exact) mass is 367 g/mol. The third kappa shape index (κ3) is 4.09. The summed E-state index contributed by atoms with van der Waals surface area (Å²) in [6.45, 7) is 6.67. The van der Waals surface area contributed by atoms with Crippen LogP contribution in [0.2, 0.25) is 5.02 Å². The summed E-state index contributed by atoms with van der Waals surface area (Å²) in [5, 5.41) is 6.28. The molecule has 134 valence electrons. The van der Waals surface area contributed by atoms with Gasteiger partial charge in [-0.05, 0) is 62.7 Å². The maximum Gasteiger partial charge on any atom is 0.319 e. The van der Waals surface area contributed by atoms with Gasteiger partial charge in [-0.15, -0.1) is 0 Å². The Bertz CT molecular complexity index is 929. The van der Waals surface area contributed by atoms with Gasteiger partial charge < -0.3 is 15.2 Å². The zero-order valence-corrected chi connectivity index (χ0v) is 15.9. The van der Waals surface area contributed by atoms with Crippen LogP contribution >= 0.6 is 11.6 Å². The maximum absolute atomic E-state index is 12.1. The lowest BCUT2D eigenvalue weighted by Crippen LogP contribution is -2.28. The van der Waals surface area contributed by atoms with Crippen molar-refractivity contribution in [3.05, 3.63) is 82.1 Å². The third-order valence-corrected chi connectivity index (χ3v) is 4.59. The van der Waals surface area contributed by atoms with Crippen molar-refractivity contribution < 1.29 is 4.79 Å². The van der Waals surface area contributed by atoms with E-state index in [0.717, 1.165) is 22.6 Å². The van der Waals surface area contributed by atoms with Gasteiger partial charge in [-0.3, -0.25) is 0 Å². The molecule has 2 aromatic carbocycles. The summed E-state index contributed by atoms with van der Waals surface area (Å²) in [6, 6.07) is 17.4. The highest BCUT2D eigenvalue weighted by molar-refractivity contribution is 6.30. The fraction of sp³-hybridized carbons (Fsp3) is 0.190. The lowest BCUT2D eigenvalue weighted by Gasteiger charge is -2.11. The van der Waals surface area contributed by atoms with Gasteiger partial charge in [0.05, 0.1) is 0 Å². The summed E-state index contributed by atoms with van der Waals surface area (Å²) >= 11 is 5.94. The third-order valence-electron chi connectivity index (χ3n) is 4.35. The van der Waals surface area contributed by atoms with E-state index in [0.29, 0.717) is 17.3 Å². The van der Waals surface area contributed by atoms with Crippen LogP contribution in [0, 0.1) is 20.8 Å². The number of urea groups is 1. The Morgan fingerprint density at radius 3 is 2.46 bits per heavy atom. The molecule has 2 amide bonds. The highest BCUT2D eigenvalue weighted by Gasteiger charge is 2.11. The summed E-state index contributed by atoms with van der Waals surface area (Å²) in [6.07, 6.45) is 0. The number of nitrogens with zero attached hydrogens (tertiary/aromatic N) is 1. The minimum Gasteiger partial charge on any atom is -0.334 e. The Labute approximate surface area is 158 Å². The molecule has 0 fully saturated rings. The number of carbonyl (C=O) groups is 1. The fourth-order valence-electron chi connectivity index (χ4n) is 3.02. The van der Waals surface area contributed by atoms with Gasteiger partial charge >= 0.3 is 6.03 Å². The normalized spacial score (nSPS) is 10.6. The zero-order chi connectivity index (χ0) is 18.7. The second-order valence-electron chi connectivity index (χ2n) is 6.39. The van der Waals surface area contributed by atoms with Crippen LogP contribution in [0.3, 0.4) is 0 Å². The summed E-state index contributed by atoms with van der Waals surface area (Å²) in [4.78, 5) is 12.1. The van der Waals surface area contributed by atoms with Crippen LogP contribution in [-0.4, -0.2) is 10.6 Å². The second kappa shape index (κ2) is 7.67. The van der Waals surface area contributed by atoms with Crippen molar-refractivity contribution >= 4 is 23.3 Å². The highest BCUT2D eigenvalue weighted by atomic mass is 35.5. The molecule has 0 saturated heterocycles. The number of rotatable bonds is 4. The first-order chi connectivity index (χ1) is 12.4. The minimum absolute atomic E-state index is 0.257. The second-order valence-corrected chi connectivity index (χ2v) is 6.82. The molecule has 0 spiro atoms. The van der Waals surface area contributed by atoms with Gasteiger partial charge in [0.25, 0.3) is 0 Å². The molecule has 2 N–H and O–H groups in total. The van der Waals surface area contributed by atoms with Crippen molar-refractivity contribution in [3.63, 3.8) is 0 Å².